The molecule has 8 nitrogen and oxygen atoms in total. The Balaban J connectivity index is 2.40. The number of hydrogen-bond donors (Lipinski definition) is 2. The molecule has 2 amide bonds. The standard InChI is InChI=1S/C11H10BrF3N6O2/c1-20-6(9(16)22)4(3-17-20)18-10(23)7-5(12)8(11(13,14)15)19-21(7)2/h3H,1-2H3,(H2,16,22)(H,18,23). The molecular weight excluding hydrogens is 385 g/mol. The molecule has 0 aliphatic rings. The molecular formula is C11H10BrF3N6O2. The summed E-state index contributed by atoms with van der Waals surface area (Å²) in [5.41, 5.74) is 3.46. The Kier molecular flexibility index (Phi) is 4.20. The summed E-state index contributed by atoms with van der Waals surface area (Å²) in [5, 5.41) is 9.33. The van der Waals surface area contributed by atoms with Crippen LogP contribution in [-0.2, 0) is 20.3 Å². The van der Waals surface area contributed by atoms with Crippen molar-refractivity contribution in [2.45, 2.75) is 6.18 Å². The fraction of sp³-hybridized carbons (Fsp3) is 0.273. The predicted octanol–water partition coefficient (Wildman–Crippen LogP) is 1.29. The number of nitrogens with zero attached hydrogens (tertiary/aromatic N) is 4. The summed E-state index contributed by atoms with van der Waals surface area (Å²) in [4.78, 5) is 23.5. The molecule has 0 bridgehead atoms. The number of halogens is 4. The Morgan fingerprint density at radius 2 is 1.87 bits per heavy atom. The molecule has 2 aromatic heterocycles. The van der Waals surface area contributed by atoms with Crippen molar-refractivity contribution >= 4 is 33.4 Å². The van der Waals surface area contributed by atoms with Gasteiger partial charge < -0.3 is 11.1 Å². The Bertz CT molecular complexity index is 795. The van der Waals surface area contributed by atoms with Gasteiger partial charge >= 0.3 is 6.18 Å². The number of hydrogen-bond acceptors (Lipinski definition) is 4. The van der Waals surface area contributed by atoms with Crippen LogP contribution >= 0.6 is 15.9 Å². The van der Waals surface area contributed by atoms with Crippen molar-refractivity contribution in [2.75, 3.05) is 5.32 Å². The lowest BCUT2D eigenvalue weighted by atomic mass is 10.3. The predicted molar refractivity (Wildman–Crippen MR) is 75.6 cm³/mol. The number of amides is 2. The Hall–Kier alpha value is -2.37. The number of anilines is 1. The number of aromatic nitrogens is 4. The number of carbonyl (C=O) groups excluding carboxylic acids is 2. The summed E-state index contributed by atoms with van der Waals surface area (Å²) in [6, 6.07) is 0. The van der Waals surface area contributed by atoms with Gasteiger partial charge in [-0.1, -0.05) is 0 Å². The Morgan fingerprint density at radius 1 is 1.26 bits per heavy atom. The van der Waals surface area contributed by atoms with Gasteiger partial charge in [0.2, 0.25) is 0 Å². The third kappa shape index (κ3) is 3.06. The summed E-state index contributed by atoms with van der Waals surface area (Å²) in [7, 11) is 2.62. The van der Waals surface area contributed by atoms with E-state index in [1.807, 2.05) is 0 Å². The van der Waals surface area contributed by atoms with E-state index >= 15 is 0 Å². The first kappa shape index (κ1) is 17.0. The molecule has 0 aliphatic carbocycles. The quantitative estimate of drug-likeness (QED) is 0.817. The molecule has 0 fully saturated rings. The number of nitrogens with two attached hydrogens (primary N) is 1. The monoisotopic (exact) mass is 394 g/mol. The zero-order chi connectivity index (χ0) is 17.5. The lowest BCUT2D eigenvalue weighted by Crippen LogP contribution is -2.21. The lowest BCUT2D eigenvalue weighted by Gasteiger charge is -2.06. The van der Waals surface area contributed by atoms with E-state index in [1.54, 1.807) is 0 Å². The normalized spacial score (nSPS) is 11.6. The van der Waals surface area contributed by atoms with Crippen molar-refractivity contribution in [3.63, 3.8) is 0 Å². The fourth-order valence-corrected chi connectivity index (χ4v) is 2.67. The van der Waals surface area contributed by atoms with E-state index < -0.39 is 28.2 Å². The number of primary amides is 1. The van der Waals surface area contributed by atoms with E-state index in [2.05, 4.69) is 31.4 Å². The number of alkyl halides is 3. The molecule has 12 heteroatoms. The Morgan fingerprint density at radius 3 is 2.35 bits per heavy atom. The highest BCUT2D eigenvalue weighted by Gasteiger charge is 2.39. The average Bonchev–Trinajstić information content (AvgIpc) is 2.89. The van der Waals surface area contributed by atoms with Crippen LogP contribution in [0.15, 0.2) is 10.7 Å². The zero-order valence-corrected chi connectivity index (χ0v) is 13.4. The van der Waals surface area contributed by atoms with Crippen LogP contribution in [-0.4, -0.2) is 31.4 Å². The van der Waals surface area contributed by atoms with Gasteiger partial charge in [0.25, 0.3) is 11.8 Å². The molecule has 0 unspecified atom stereocenters. The third-order valence-corrected chi connectivity index (χ3v) is 3.64. The van der Waals surface area contributed by atoms with E-state index in [0.29, 0.717) is 0 Å². The van der Waals surface area contributed by atoms with Crippen LogP contribution in [0.4, 0.5) is 18.9 Å². The molecule has 0 aliphatic heterocycles. The smallest absolute Gasteiger partial charge is 0.364 e. The molecule has 0 spiro atoms. The summed E-state index contributed by atoms with van der Waals surface area (Å²) in [6.45, 7) is 0. The van der Waals surface area contributed by atoms with Gasteiger partial charge in [-0.2, -0.15) is 23.4 Å². The van der Waals surface area contributed by atoms with E-state index in [0.717, 1.165) is 15.6 Å². The summed E-state index contributed by atoms with van der Waals surface area (Å²) in [6.07, 6.45) is -3.56. The van der Waals surface area contributed by atoms with E-state index in [1.165, 1.54) is 14.1 Å². The van der Waals surface area contributed by atoms with Crippen LogP contribution in [0.25, 0.3) is 0 Å². The lowest BCUT2D eigenvalue weighted by molar-refractivity contribution is -0.142. The van der Waals surface area contributed by atoms with Crippen molar-refractivity contribution in [3.8, 4) is 0 Å². The zero-order valence-electron chi connectivity index (χ0n) is 11.8. The highest BCUT2D eigenvalue weighted by Crippen LogP contribution is 2.35. The maximum atomic E-state index is 12.8. The molecule has 0 saturated carbocycles. The van der Waals surface area contributed by atoms with Gasteiger partial charge in [-0.15, -0.1) is 0 Å². The number of nitrogens with one attached hydrogen (secondary N) is 1. The van der Waals surface area contributed by atoms with Crippen LogP contribution in [0.2, 0.25) is 0 Å². The summed E-state index contributed by atoms with van der Waals surface area (Å²) < 4.78 is 39.8. The third-order valence-electron chi connectivity index (χ3n) is 2.89. The van der Waals surface area contributed by atoms with Crippen molar-refractivity contribution in [2.24, 2.45) is 19.8 Å². The molecule has 0 saturated heterocycles. The van der Waals surface area contributed by atoms with Crippen LogP contribution < -0.4 is 11.1 Å². The van der Waals surface area contributed by atoms with Crippen LogP contribution in [0, 0.1) is 0 Å². The van der Waals surface area contributed by atoms with E-state index in [-0.39, 0.29) is 17.1 Å². The van der Waals surface area contributed by atoms with Gasteiger partial charge in [0, 0.05) is 14.1 Å². The minimum atomic E-state index is -4.72. The van der Waals surface area contributed by atoms with Gasteiger partial charge in [-0.05, 0) is 15.9 Å². The SMILES string of the molecule is Cn1ncc(NC(=O)c2c(Br)c(C(F)(F)F)nn2C)c1C(N)=O. The maximum absolute atomic E-state index is 12.8. The van der Waals surface area contributed by atoms with Gasteiger partial charge in [0.05, 0.1) is 16.4 Å². The topological polar surface area (TPSA) is 108 Å². The first-order valence-electron chi connectivity index (χ1n) is 5.96. The second-order valence-electron chi connectivity index (χ2n) is 4.48. The number of rotatable bonds is 3. The molecule has 3 N–H and O–H groups in total. The summed E-state index contributed by atoms with van der Waals surface area (Å²) >= 11 is 2.73. The molecule has 0 aromatic carbocycles. The van der Waals surface area contributed by atoms with Crippen LogP contribution in [0.1, 0.15) is 26.7 Å². The van der Waals surface area contributed by atoms with Crippen molar-refractivity contribution in [1.82, 2.24) is 19.6 Å². The minimum Gasteiger partial charge on any atom is -0.364 e. The summed E-state index contributed by atoms with van der Waals surface area (Å²) in [5.74, 6) is -1.75. The molecule has 2 aromatic rings. The van der Waals surface area contributed by atoms with Gasteiger partial charge in [0.1, 0.15) is 11.4 Å². The Labute approximate surface area is 135 Å². The molecule has 124 valence electrons. The molecule has 2 rings (SSSR count). The van der Waals surface area contributed by atoms with Crippen LogP contribution in [0.3, 0.4) is 0 Å². The van der Waals surface area contributed by atoms with Crippen molar-refractivity contribution in [3.05, 3.63) is 27.8 Å². The molecule has 0 atom stereocenters. The van der Waals surface area contributed by atoms with Crippen molar-refractivity contribution < 1.29 is 22.8 Å². The first-order chi connectivity index (χ1) is 10.5. The number of aryl methyl sites for hydroxylation is 2. The average molecular weight is 395 g/mol. The van der Waals surface area contributed by atoms with Gasteiger partial charge in [0.15, 0.2) is 5.69 Å². The van der Waals surface area contributed by atoms with Crippen LogP contribution in [0.5, 0.6) is 0 Å². The second kappa shape index (κ2) is 5.68. The van der Waals surface area contributed by atoms with E-state index in [4.69, 9.17) is 5.73 Å². The maximum Gasteiger partial charge on any atom is 0.436 e. The highest BCUT2D eigenvalue weighted by atomic mass is 79.9. The van der Waals surface area contributed by atoms with E-state index in [9.17, 15) is 22.8 Å². The highest BCUT2D eigenvalue weighted by molar-refractivity contribution is 9.10. The molecule has 0 radical (unpaired) electrons. The van der Waals surface area contributed by atoms with Gasteiger partial charge in [-0.25, -0.2) is 0 Å². The minimum absolute atomic E-state index is 0.0216. The largest absolute Gasteiger partial charge is 0.436 e. The fourth-order valence-electron chi connectivity index (χ4n) is 1.93. The number of carbonyl (C=O) groups is 2. The molecule has 23 heavy (non-hydrogen) atoms. The second-order valence-corrected chi connectivity index (χ2v) is 5.27. The van der Waals surface area contributed by atoms with Crippen molar-refractivity contribution in [1.29, 1.82) is 0 Å². The molecule has 2 heterocycles. The van der Waals surface area contributed by atoms with Gasteiger partial charge in [-0.3, -0.25) is 19.0 Å². The first-order valence-corrected chi connectivity index (χ1v) is 6.76.